The molecule has 1 amide bonds. The molecule has 0 atom stereocenters. The Labute approximate surface area is 208 Å². The van der Waals surface area contributed by atoms with Crippen LogP contribution in [0.2, 0.25) is 0 Å². The Morgan fingerprint density at radius 3 is 2.35 bits per heavy atom. The van der Waals surface area contributed by atoms with E-state index in [0.717, 1.165) is 16.6 Å². The number of carboxylic acids is 1. The number of halogens is 4. The first-order valence-corrected chi connectivity index (χ1v) is 10.8. The van der Waals surface area contributed by atoms with Gasteiger partial charge in [0.15, 0.2) is 12.4 Å². The summed E-state index contributed by atoms with van der Waals surface area (Å²) in [5.74, 6) is -3.60. The second-order valence-corrected chi connectivity index (χ2v) is 7.97. The Hall–Kier alpha value is -4.72. The summed E-state index contributed by atoms with van der Waals surface area (Å²) in [5.41, 5.74) is 3.63. The minimum absolute atomic E-state index is 0.240. The molecule has 0 unspecified atom stereocenters. The zero-order valence-electron chi connectivity index (χ0n) is 19.4. The van der Waals surface area contributed by atoms with Crippen LogP contribution in [-0.2, 0) is 24.9 Å². The predicted octanol–water partition coefficient (Wildman–Crippen LogP) is 2.75. The highest BCUT2D eigenvalue weighted by molar-refractivity contribution is 5.98. The fourth-order valence-electron chi connectivity index (χ4n) is 3.44. The van der Waals surface area contributed by atoms with Gasteiger partial charge in [0.25, 0.3) is 5.91 Å². The van der Waals surface area contributed by atoms with E-state index >= 15 is 0 Å². The highest BCUT2D eigenvalue weighted by Crippen LogP contribution is 2.23. The van der Waals surface area contributed by atoms with E-state index in [1.165, 1.54) is 12.1 Å². The lowest BCUT2D eigenvalue weighted by Crippen LogP contribution is -2.37. The normalized spacial score (nSPS) is 10.8. The van der Waals surface area contributed by atoms with Crippen LogP contribution in [-0.4, -0.2) is 22.6 Å². The van der Waals surface area contributed by atoms with Crippen LogP contribution in [0.25, 0.3) is 10.9 Å². The molecule has 0 fully saturated rings. The Morgan fingerprint density at radius 2 is 1.73 bits per heavy atom. The van der Waals surface area contributed by atoms with E-state index < -0.39 is 12.1 Å². The van der Waals surface area contributed by atoms with Gasteiger partial charge in [0.05, 0.1) is 11.6 Å². The quantitative estimate of drug-likeness (QED) is 0.328. The number of fused-ring (bicyclic) bond motifs is 1. The maximum absolute atomic E-state index is 13.8. The number of pyridine rings is 1. The summed E-state index contributed by atoms with van der Waals surface area (Å²) in [5, 5.41) is 21.5. The van der Waals surface area contributed by atoms with Gasteiger partial charge in [-0.15, -0.1) is 0 Å². The van der Waals surface area contributed by atoms with Crippen LogP contribution >= 0.6 is 0 Å². The van der Waals surface area contributed by atoms with Gasteiger partial charge in [-0.05, 0) is 47.5 Å². The minimum atomic E-state index is -5.19. The number of nitriles is 1. The van der Waals surface area contributed by atoms with Crippen molar-refractivity contribution in [3.63, 3.8) is 0 Å². The molecule has 37 heavy (non-hydrogen) atoms. The molecule has 4 aromatic rings. The molecule has 2 aromatic carbocycles. The van der Waals surface area contributed by atoms with E-state index in [2.05, 4.69) is 11.4 Å². The lowest BCUT2D eigenvalue weighted by atomic mass is 10.1. The lowest BCUT2D eigenvalue weighted by Gasteiger charge is -2.12. The maximum Gasteiger partial charge on any atom is 0.430 e. The fraction of sp³-hybridized carbons (Fsp3) is 0.154. The highest BCUT2D eigenvalue weighted by Gasteiger charge is 2.28. The van der Waals surface area contributed by atoms with Crippen molar-refractivity contribution in [1.29, 1.82) is 5.26 Å². The summed E-state index contributed by atoms with van der Waals surface area (Å²) in [6.45, 7) is 0.786. The van der Waals surface area contributed by atoms with Crippen LogP contribution in [0.3, 0.4) is 0 Å². The maximum atomic E-state index is 13.8. The average molecular weight is 512 g/mol. The minimum Gasteiger partial charge on any atom is -0.542 e. The van der Waals surface area contributed by atoms with Gasteiger partial charge in [0, 0.05) is 36.1 Å². The number of nitrogens with zero attached hydrogens (tertiary/aromatic N) is 3. The number of aliphatic carboxylic acids is 1. The van der Waals surface area contributed by atoms with Gasteiger partial charge in [0.2, 0.25) is 0 Å². The van der Waals surface area contributed by atoms with Crippen molar-refractivity contribution in [1.82, 2.24) is 9.88 Å². The van der Waals surface area contributed by atoms with Crippen LogP contribution in [0.4, 0.5) is 17.6 Å². The smallest absolute Gasteiger partial charge is 0.430 e. The first-order valence-electron chi connectivity index (χ1n) is 10.8. The van der Waals surface area contributed by atoms with Crippen molar-refractivity contribution in [3.8, 4) is 6.07 Å². The molecule has 0 aliphatic rings. The summed E-state index contributed by atoms with van der Waals surface area (Å²) >= 11 is 0. The van der Waals surface area contributed by atoms with Gasteiger partial charge in [-0.25, -0.2) is 8.96 Å². The van der Waals surface area contributed by atoms with Crippen molar-refractivity contribution in [3.05, 3.63) is 101 Å². The summed E-state index contributed by atoms with van der Waals surface area (Å²) in [6.07, 6.45) is -1.35. The molecule has 0 aliphatic carbocycles. The zero-order valence-corrected chi connectivity index (χ0v) is 19.4. The number of nitrogens with one attached hydrogen (secondary N) is 1. The van der Waals surface area contributed by atoms with Crippen LogP contribution in [0.5, 0.6) is 0 Å². The number of carbonyl (C=O) groups is 2. The number of aromatic nitrogens is 2. The fourth-order valence-corrected chi connectivity index (χ4v) is 3.44. The molecule has 2 aromatic heterocycles. The number of rotatable bonds is 5. The van der Waals surface area contributed by atoms with E-state index in [1.54, 1.807) is 24.3 Å². The number of amides is 1. The Balaban J connectivity index is 0.000000479. The second-order valence-electron chi connectivity index (χ2n) is 7.97. The van der Waals surface area contributed by atoms with Crippen LogP contribution in [0.15, 0.2) is 73.1 Å². The molecule has 1 N–H and O–H groups in total. The molecule has 190 valence electrons. The van der Waals surface area contributed by atoms with Gasteiger partial charge < -0.3 is 19.8 Å². The standard InChI is InChI=1S/C24H19FN4O.C2HF3O2/c1-28-9-7-17(8-10-28)15-27-24(30)23-13-20-12-21(25)5-6-22(20)29(23)16-19-4-2-3-18(11-19)14-26;3-2(4,5)1(6)7/h2-13H,15-16H2,1H3;(H,6,7). The molecule has 4 rings (SSSR count). The van der Waals surface area contributed by atoms with Gasteiger partial charge in [0.1, 0.15) is 24.5 Å². The Kier molecular flexibility index (Phi) is 8.24. The van der Waals surface area contributed by atoms with E-state index in [-0.39, 0.29) is 11.7 Å². The summed E-state index contributed by atoms with van der Waals surface area (Å²) < 4.78 is 49.1. The third-order valence-corrected chi connectivity index (χ3v) is 5.22. The lowest BCUT2D eigenvalue weighted by molar-refractivity contribution is -0.671. The predicted molar refractivity (Wildman–Crippen MR) is 122 cm³/mol. The topological polar surface area (TPSA) is 102 Å². The average Bonchev–Trinajstić information content (AvgIpc) is 3.20. The van der Waals surface area contributed by atoms with E-state index in [9.17, 15) is 22.4 Å². The van der Waals surface area contributed by atoms with E-state index in [4.69, 9.17) is 15.2 Å². The first-order chi connectivity index (χ1) is 17.5. The summed E-state index contributed by atoms with van der Waals surface area (Å²) in [6, 6.07) is 19.4. The molecule has 2 heterocycles. The first kappa shape index (κ1) is 26.9. The van der Waals surface area contributed by atoms with Crippen molar-refractivity contribution in [2.24, 2.45) is 7.05 Å². The number of carboxylic acid groups (broad SMARTS) is 1. The molecule has 7 nitrogen and oxygen atoms in total. The molecule has 0 aliphatic heterocycles. The molecule has 0 saturated heterocycles. The van der Waals surface area contributed by atoms with Gasteiger partial charge >= 0.3 is 6.18 Å². The number of aryl methyl sites for hydroxylation is 1. The van der Waals surface area contributed by atoms with Gasteiger partial charge in [-0.3, -0.25) is 4.79 Å². The Bertz CT molecular complexity index is 1470. The molecule has 11 heteroatoms. The van der Waals surface area contributed by atoms with E-state index in [0.29, 0.717) is 29.7 Å². The number of hydrogen-bond donors (Lipinski definition) is 1. The zero-order chi connectivity index (χ0) is 27.2. The van der Waals surface area contributed by atoms with E-state index in [1.807, 2.05) is 52.8 Å². The molecule has 0 spiro atoms. The van der Waals surface area contributed by atoms with Gasteiger partial charge in [-0.2, -0.15) is 18.4 Å². The number of carbonyl (C=O) groups excluding carboxylic acids is 2. The Morgan fingerprint density at radius 1 is 1.05 bits per heavy atom. The van der Waals surface area contributed by atoms with Crippen molar-refractivity contribution >= 4 is 22.8 Å². The second kappa shape index (κ2) is 11.3. The number of alkyl halides is 3. The summed E-state index contributed by atoms with van der Waals surface area (Å²) in [4.78, 5) is 21.8. The van der Waals surface area contributed by atoms with Crippen LogP contribution in [0, 0.1) is 17.1 Å². The SMILES string of the molecule is C[n+]1ccc(CNC(=O)c2cc3cc(F)ccc3n2Cc2cccc(C#N)c2)cc1.O=C([O-])C(F)(F)F. The van der Waals surface area contributed by atoms with Crippen molar-refractivity contribution in [2.45, 2.75) is 19.3 Å². The number of hydrogen-bond acceptors (Lipinski definition) is 4. The summed E-state index contributed by atoms with van der Waals surface area (Å²) in [7, 11) is 1.93. The third kappa shape index (κ3) is 7.14. The van der Waals surface area contributed by atoms with Crippen molar-refractivity contribution in [2.75, 3.05) is 0 Å². The number of benzene rings is 2. The molecular formula is C26H20F4N4O3. The van der Waals surface area contributed by atoms with Crippen molar-refractivity contribution < 1.29 is 36.8 Å². The van der Waals surface area contributed by atoms with Crippen LogP contribution in [0.1, 0.15) is 27.2 Å². The molecular weight excluding hydrogens is 492 g/mol. The largest absolute Gasteiger partial charge is 0.542 e. The van der Waals surface area contributed by atoms with Gasteiger partial charge in [-0.1, -0.05) is 12.1 Å². The monoisotopic (exact) mass is 512 g/mol. The molecule has 0 bridgehead atoms. The molecule has 0 radical (unpaired) electrons. The third-order valence-electron chi connectivity index (χ3n) is 5.22. The van der Waals surface area contributed by atoms with Crippen LogP contribution < -0.4 is 15.0 Å². The highest BCUT2D eigenvalue weighted by atomic mass is 19.4. The molecule has 0 saturated carbocycles.